The third-order valence-electron chi connectivity index (χ3n) is 3.78. The Morgan fingerprint density at radius 2 is 1.96 bits per heavy atom. The molecule has 128 valence electrons. The molecule has 1 aliphatic heterocycles. The number of hydrogen-bond donors (Lipinski definition) is 1. The van der Waals surface area contributed by atoms with Gasteiger partial charge in [0.05, 0.1) is 24.7 Å². The van der Waals surface area contributed by atoms with Gasteiger partial charge in [0.1, 0.15) is 0 Å². The molecule has 0 radical (unpaired) electrons. The van der Waals surface area contributed by atoms with Crippen molar-refractivity contribution in [3.63, 3.8) is 0 Å². The van der Waals surface area contributed by atoms with Gasteiger partial charge in [0.2, 0.25) is 15.9 Å². The standard InChI is InChI=1S/C15H23N3O4S/c1-12-4-5-13(23(20,21)17(2)3)10-14(12)16-11-15(19)18-6-8-22-9-7-18/h4-5,10,16H,6-9,11H2,1-3H3. The van der Waals surface area contributed by atoms with Crippen molar-refractivity contribution in [1.82, 2.24) is 9.21 Å². The van der Waals surface area contributed by atoms with Gasteiger partial charge in [-0.1, -0.05) is 6.07 Å². The Morgan fingerprint density at radius 3 is 2.57 bits per heavy atom. The van der Waals surface area contributed by atoms with Gasteiger partial charge in [-0.25, -0.2) is 12.7 Å². The van der Waals surface area contributed by atoms with E-state index in [1.807, 2.05) is 6.92 Å². The monoisotopic (exact) mass is 341 g/mol. The number of benzene rings is 1. The summed E-state index contributed by atoms with van der Waals surface area (Å²) >= 11 is 0. The molecule has 1 aliphatic rings. The maximum absolute atomic E-state index is 12.2. The maximum atomic E-state index is 12.2. The summed E-state index contributed by atoms with van der Waals surface area (Å²) in [4.78, 5) is 14.1. The lowest BCUT2D eigenvalue weighted by Crippen LogP contribution is -2.43. The summed E-state index contributed by atoms with van der Waals surface area (Å²) in [6.45, 7) is 4.30. The first-order chi connectivity index (χ1) is 10.8. The van der Waals surface area contributed by atoms with Gasteiger partial charge in [0, 0.05) is 32.9 Å². The highest BCUT2D eigenvalue weighted by atomic mass is 32.2. The van der Waals surface area contributed by atoms with E-state index >= 15 is 0 Å². The lowest BCUT2D eigenvalue weighted by molar-refractivity contribution is -0.133. The quantitative estimate of drug-likeness (QED) is 0.844. The molecule has 0 unspecified atom stereocenters. The zero-order chi connectivity index (χ0) is 17.0. The zero-order valence-electron chi connectivity index (χ0n) is 13.7. The smallest absolute Gasteiger partial charge is 0.242 e. The van der Waals surface area contributed by atoms with Crippen LogP contribution >= 0.6 is 0 Å². The number of sulfonamides is 1. The average molecular weight is 341 g/mol. The highest BCUT2D eigenvalue weighted by Crippen LogP contribution is 2.21. The SMILES string of the molecule is Cc1ccc(S(=O)(=O)N(C)C)cc1NCC(=O)N1CCOCC1. The van der Waals surface area contributed by atoms with Crippen LogP contribution in [0.5, 0.6) is 0 Å². The van der Waals surface area contributed by atoms with Crippen LogP contribution in [0.4, 0.5) is 5.69 Å². The summed E-state index contributed by atoms with van der Waals surface area (Å²) in [5.74, 6) is -0.0198. The minimum absolute atomic E-state index is 0.0198. The van der Waals surface area contributed by atoms with Gasteiger partial charge in [-0.2, -0.15) is 0 Å². The van der Waals surface area contributed by atoms with E-state index in [4.69, 9.17) is 4.74 Å². The highest BCUT2D eigenvalue weighted by molar-refractivity contribution is 7.89. The fourth-order valence-electron chi connectivity index (χ4n) is 2.26. The minimum atomic E-state index is -3.49. The van der Waals surface area contributed by atoms with Crippen LogP contribution in [-0.4, -0.2) is 70.5 Å². The molecule has 1 amide bonds. The van der Waals surface area contributed by atoms with E-state index in [0.29, 0.717) is 32.0 Å². The van der Waals surface area contributed by atoms with Crippen LogP contribution in [0.1, 0.15) is 5.56 Å². The van der Waals surface area contributed by atoms with Gasteiger partial charge in [-0.05, 0) is 24.6 Å². The summed E-state index contributed by atoms with van der Waals surface area (Å²) in [7, 11) is -0.513. The summed E-state index contributed by atoms with van der Waals surface area (Å²) in [5.41, 5.74) is 1.53. The Labute approximate surface area is 137 Å². The van der Waals surface area contributed by atoms with Gasteiger partial charge in [0.25, 0.3) is 0 Å². The molecular weight excluding hydrogens is 318 g/mol. The third-order valence-corrected chi connectivity index (χ3v) is 5.59. The number of ether oxygens (including phenoxy) is 1. The lowest BCUT2D eigenvalue weighted by atomic mass is 10.2. The molecule has 0 atom stereocenters. The van der Waals surface area contributed by atoms with Crippen LogP contribution in [-0.2, 0) is 19.6 Å². The zero-order valence-corrected chi connectivity index (χ0v) is 14.5. The fourth-order valence-corrected chi connectivity index (χ4v) is 3.19. The van der Waals surface area contributed by atoms with Crippen molar-refractivity contribution >= 4 is 21.6 Å². The Kier molecular flexibility index (Phi) is 5.61. The largest absolute Gasteiger partial charge is 0.378 e. The van der Waals surface area contributed by atoms with Crippen LogP contribution in [0.25, 0.3) is 0 Å². The van der Waals surface area contributed by atoms with Crippen LogP contribution in [0.3, 0.4) is 0 Å². The molecule has 0 spiro atoms. The molecule has 8 heteroatoms. The fraction of sp³-hybridized carbons (Fsp3) is 0.533. The molecule has 1 aromatic rings. The van der Waals surface area contributed by atoms with Gasteiger partial charge in [-0.3, -0.25) is 4.79 Å². The van der Waals surface area contributed by atoms with Crippen molar-refractivity contribution in [3.8, 4) is 0 Å². The summed E-state index contributed by atoms with van der Waals surface area (Å²) in [6.07, 6.45) is 0. The highest BCUT2D eigenvalue weighted by Gasteiger charge is 2.19. The number of carbonyl (C=O) groups is 1. The molecule has 7 nitrogen and oxygen atoms in total. The number of carbonyl (C=O) groups excluding carboxylic acids is 1. The van der Waals surface area contributed by atoms with Crippen molar-refractivity contribution in [2.24, 2.45) is 0 Å². The average Bonchev–Trinajstić information content (AvgIpc) is 2.54. The molecule has 0 saturated carbocycles. The van der Waals surface area contributed by atoms with Gasteiger partial charge in [-0.15, -0.1) is 0 Å². The molecular formula is C15H23N3O4S. The Balaban J connectivity index is 2.09. The number of nitrogens with zero attached hydrogens (tertiary/aromatic N) is 2. The molecule has 2 rings (SSSR count). The molecule has 0 aromatic heterocycles. The molecule has 1 fully saturated rings. The predicted molar refractivity (Wildman–Crippen MR) is 87.9 cm³/mol. The van der Waals surface area contributed by atoms with Crippen molar-refractivity contribution in [1.29, 1.82) is 0 Å². The minimum Gasteiger partial charge on any atom is -0.378 e. The molecule has 0 aliphatic carbocycles. The van der Waals surface area contributed by atoms with E-state index in [1.54, 1.807) is 23.1 Å². The number of nitrogens with one attached hydrogen (secondary N) is 1. The molecule has 0 bridgehead atoms. The first-order valence-corrected chi connectivity index (χ1v) is 8.89. The second kappa shape index (κ2) is 7.29. The summed E-state index contributed by atoms with van der Waals surface area (Å²) < 4.78 is 30.8. The number of anilines is 1. The van der Waals surface area contributed by atoms with E-state index in [2.05, 4.69) is 5.32 Å². The van der Waals surface area contributed by atoms with Crippen LogP contribution in [0.2, 0.25) is 0 Å². The molecule has 1 aromatic carbocycles. The van der Waals surface area contributed by atoms with E-state index in [-0.39, 0.29) is 17.3 Å². The van der Waals surface area contributed by atoms with E-state index in [1.165, 1.54) is 18.4 Å². The van der Waals surface area contributed by atoms with E-state index in [0.717, 1.165) is 5.56 Å². The number of amides is 1. The number of hydrogen-bond acceptors (Lipinski definition) is 5. The van der Waals surface area contributed by atoms with Crippen molar-refractivity contribution in [2.45, 2.75) is 11.8 Å². The van der Waals surface area contributed by atoms with Crippen LogP contribution in [0.15, 0.2) is 23.1 Å². The van der Waals surface area contributed by atoms with E-state index < -0.39 is 10.0 Å². The van der Waals surface area contributed by atoms with E-state index in [9.17, 15) is 13.2 Å². The summed E-state index contributed by atoms with van der Waals surface area (Å²) in [6, 6.07) is 4.87. The van der Waals surface area contributed by atoms with Crippen molar-refractivity contribution in [3.05, 3.63) is 23.8 Å². The first-order valence-electron chi connectivity index (χ1n) is 7.45. The first kappa shape index (κ1) is 17.7. The Hall–Kier alpha value is -1.64. The van der Waals surface area contributed by atoms with Gasteiger partial charge in [0.15, 0.2) is 0 Å². The second-order valence-corrected chi connectivity index (χ2v) is 7.76. The Morgan fingerprint density at radius 1 is 1.30 bits per heavy atom. The topological polar surface area (TPSA) is 79.0 Å². The second-order valence-electron chi connectivity index (χ2n) is 5.61. The lowest BCUT2D eigenvalue weighted by Gasteiger charge is -2.27. The number of rotatable bonds is 5. The van der Waals surface area contributed by atoms with Crippen LogP contribution < -0.4 is 5.32 Å². The van der Waals surface area contributed by atoms with Gasteiger partial charge < -0.3 is 15.0 Å². The molecule has 1 N–H and O–H groups in total. The molecule has 1 heterocycles. The number of aryl methyl sites for hydroxylation is 1. The van der Waals surface area contributed by atoms with Crippen molar-refractivity contribution < 1.29 is 17.9 Å². The predicted octanol–water partition coefficient (Wildman–Crippen LogP) is 0.516. The summed E-state index contributed by atoms with van der Waals surface area (Å²) in [5, 5.41) is 3.05. The molecule has 23 heavy (non-hydrogen) atoms. The van der Waals surface area contributed by atoms with Crippen LogP contribution in [0, 0.1) is 6.92 Å². The van der Waals surface area contributed by atoms with Crippen molar-refractivity contribution in [2.75, 3.05) is 52.3 Å². The molecule has 1 saturated heterocycles. The normalized spacial score (nSPS) is 15.7. The Bertz CT molecular complexity index is 667. The maximum Gasteiger partial charge on any atom is 0.242 e. The third kappa shape index (κ3) is 4.21. The number of morpholine rings is 1. The van der Waals surface area contributed by atoms with Gasteiger partial charge >= 0.3 is 0 Å².